The number of nitrogens with one attached hydrogen (secondary N) is 1. The molecule has 35 heavy (non-hydrogen) atoms. The van der Waals surface area contributed by atoms with Crippen molar-refractivity contribution in [2.45, 2.75) is 52.0 Å². The molecule has 0 aromatic heterocycles. The van der Waals surface area contributed by atoms with Gasteiger partial charge in [-0.1, -0.05) is 39.8 Å². The minimum atomic E-state index is -1.19. The number of carbonyl (C=O) groups excluding carboxylic acids is 4. The largest absolute Gasteiger partial charge is 0.497 e. The van der Waals surface area contributed by atoms with Crippen LogP contribution in [0.15, 0.2) is 42.5 Å². The molecule has 186 valence electrons. The van der Waals surface area contributed by atoms with Crippen molar-refractivity contribution < 1.29 is 28.7 Å². The average Bonchev–Trinajstić information content (AvgIpc) is 3.14. The molecule has 1 atom stereocenters. The number of rotatable bonds is 6. The zero-order chi connectivity index (χ0) is 25.9. The third-order valence-corrected chi connectivity index (χ3v) is 5.87. The van der Waals surface area contributed by atoms with E-state index in [9.17, 15) is 19.2 Å². The Balaban J connectivity index is 1.89. The Hall–Kier alpha value is -3.88. The summed E-state index contributed by atoms with van der Waals surface area (Å²) in [5, 5.41) is 0.965. The first-order chi connectivity index (χ1) is 16.5. The fourth-order valence-corrected chi connectivity index (χ4v) is 3.82. The van der Waals surface area contributed by atoms with Crippen molar-refractivity contribution in [2.75, 3.05) is 19.1 Å². The SMILES string of the molecule is CCC(=O)N(NC(=O)c1ccc(C(C)(C)C)cc1)C1CC(=O)N(c2cc(OC)ccc2OC)C1=O. The molecule has 1 N–H and O–H groups in total. The summed E-state index contributed by atoms with van der Waals surface area (Å²) in [6.45, 7) is 7.81. The number of imide groups is 1. The lowest BCUT2D eigenvalue weighted by atomic mass is 9.87. The Labute approximate surface area is 205 Å². The lowest BCUT2D eigenvalue weighted by Gasteiger charge is -2.28. The predicted octanol–water partition coefficient (Wildman–Crippen LogP) is 3.22. The van der Waals surface area contributed by atoms with E-state index in [1.807, 2.05) is 12.1 Å². The van der Waals surface area contributed by atoms with Gasteiger partial charge in [0.2, 0.25) is 11.8 Å². The Morgan fingerprint density at radius 2 is 1.71 bits per heavy atom. The van der Waals surface area contributed by atoms with Crippen LogP contribution in [-0.2, 0) is 19.8 Å². The zero-order valence-corrected chi connectivity index (χ0v) is 20.9. The standard InChI is InChI=1S/C26H31N3O6/c1-7-22(30)29(27-24(32)16-8-10-17(11-9-16)26(2,3)4)20-15-23(31)28(25(20)33)19-14-18(34-5)12-13-21(19)35-6/h8-14,20H,7,15H2,1-6H3,(H,27,32). The smallest absolute Gasteiger partial charge is 0.269 e. The van der Waals surface area contributed by atoms with Gasteiger partial charge in [-0.25, -0.2) is 9.91 Å². The van der Waals surface area contributed by atoms with Crippen LogP contribution in [0.4, 0.5) is 5.69 Å². The van der Waals surface area contributed by atoms with Crippen molar-refractivity contribution in [3.05, 3.63) is 53.6 Å². The Bertz CT molecular complexity index is 1140. The molecule has 9 heteroatoms. The van der Waals surface area contributed by atoms with Crippen molar-refractivity contribution in [1.82, 2.24) is 10.4 Å². The van der Waals surface area contributed by atoms with E-state index >= 15 is 0 Å². The van der Waals surface area contributed by atoms with Crippen molar-refractivity contribution in [3.8, 4) is 11.5 Å². The fourth-order valence-electron chi connectivity index (χ4n) is 3.82. The number of hydrogen-bond donors (Lipinski definition) is 1. The van der Waals surface area contributed by atoms with Gasteiger partial charge in [0.15, 0.2) is 0 Å². The number of nitrogens with zero attached hydrogens (tertiary/aromatic N) is 2. The molecule has 1 heterocycles. The van der Waals surface area contributed by atoms with E-state index in [0.717, 1.165) is 15.5 Å². The number of carbonyl (C=O) groups is 4. The van der Waals surface area contributed by atoms with Crippen LogP contribution in [0.1, 0.15) is 56.5 Å². The highest BCUT2D eigenvalue weighted by Gasteiger charge is 2.46. The molecule has 0 aliphatic carbocycles. The van der Waals surface area contributed by atoms with Gasteiger partial charge in [0.25, 0.3) is 11.8 Å². The number of benzene rings is 2. The highest BCUT2D eigenvalue weighted by atomic mass is 16.5. The summed E-state index contributed by atoms with van der Waals surface area (Å²) in [5.41, 5.74) is 4.05. The van der Waals surface area contributed by atoms with Gasteiger partial charge in [-0.2, -0.15) is 0 Å². The summed E-state index contributed by atoms with van der Waals surface area (Å²) in [6, 6.07) is 10.6. The lowest BCUT2D eigenvalue weighted by molar-refractivity contribution is -0.140. The van der Waals surface area contributed by atoms with E-state index in [2.05, 4.69) is 26.2 Å². The molecule has 3 rings (SSSR count). The minimum Gasteiger partial charge on any atom is -0.497 e. The molecule has 0 bridgehead atoms. The molecular formula is C26H31N3O6. The van der Waals surface area contributed by atoms with Gasteiger partial charge in [-0.15, -0.1) is 0 Å². The summed E-state index contributed by atoms with van der Waals surface area (Å²) in [5.74, 6) is -1.49. The first-order valence-electron chi connectivity index (χ1n) is 11.3. The Kier molecular flexibility index (Phi) is 7.48. The van der Waals surface area contributed by atoms with E-state index in [1.165, 1.54) is 20.3 Å². The van der Waals surface area contributed by atoms with E-state index in [1.54, 1.807) is 31.2 Å². The summed E-state index contributed by atoms with van der Waals surface area (Å²) in [4.78, 5) is 53.0. The van der Waals surface area contributed by atoms with Crippen LogP contribution in [0.3, 0.4) is 0 Å². The average molecular weight is 482 g/mol. The molecule has 4 amide bonds. The number of anilines is 1. The van der Waals surface area contributed by atoms with Crippen LogP contribution in [0.5, 0.6) is 11.5 Å². The second kappa shape index (κ2) is 10.2. The molecule has 1 unspecified atom stereocenters. The maximum Gasteiger partial charge on any atom is 0.269 e. The molecule has 9 nitrogen and oxygen atoms in total. The number of hydrazine groups is 1. The van der Waals surface area contributed by atoms with Crippen molar-refractivity contribution in [2.24, 2.45) is 0 Å². The fraction of sp³-hybridized carbons (Fsp3) is 0.385. The molecule has 1 saturated heterocycles. The van der Waals surface area contributed by atoms with Crippen LogP contribution in [0, 0.1) is 0 Å². The molecule has 1 aliphatic rings. The van der Waals surface area contributed by atoms with Crippen LogP contribution >= 0.6 is 0 Å². The second-order valence-corrected chi connectivity index (χ2v) is 9.21. The molecule has 0 spiro atoms. The topological polar surface area (TPSA) is 105 Å². The van der Waals surface area contributed by atoms with Crippen LogP contribution < -0.4 is 19.8 Å². The predicted molar refractivity (Wildman–Crippen MR) is 130 cm³/mol. The van der Waals surface area contributed by atoms with Crippen LogP contribution in [-0.4, -0.2) is 48.9 Å². The normalized spacial score (nSPS) is 15.7. The third kappa shape index (κ3) is 5.29. The van der Waals surface area contributed by atoms with E-state index in [4.69, 9.17) is 9.47 Å². The third-order valence-electron chi connectivity index (χ3n) is 5.87. The first-order valence-corrected chi connectivity index (χ1v) is 11.3. The Morgan fingerprint density at radius 3 is 2.26 bits per heavy atom. The molecule has 0 radical (unpaired) electrons. The summed E-state index contributed by atoms with van der Waals surface area (Å²) < 4.78 is 10.5. The van der Waals surface area contributed by atoms with Crippen molar-refractivity contribution in [1.29, 1.82) is 0 Å². The molecule has 2 aromatic rings. The highest BCUT2D eigenvalue weighted by Crippen LogP contribution is 2.36. The zero-order valence-electron chi connectivity index (χ0n) is 20.9. The van der Waals surface area contributed by atoms with Gasteiger partial charge in [0, 0.05) is 18.1 Å². The van der Waals surface area contributed by atoms with Crippen molar-refractivity contribution in [3.63, 3.8) is 0 Å². The maximum absolute atomic E-state index is 13.4. The van der Waals surface area contributed by atoms with E-state index in [-0.39, 0.29) is 23.9 Å². The molecule has 1 aliphatic heterocycles. The monoisotopic (exact) mass is 481 g/mol. The van der Waals surface area contributed by atoms with Gasteiger partial charge in [-0.05, 0) is 35.2 Å². The van der Waals surface area contributed by atoms with Gasteiger partial charge in [0.1, 0.15) is 17.5 Å². The Morgan fingerprint density at radius 1 is 1.06 bits per heavy atom. The van der Waals surface area contributed by atoms with Gasteiger partial charge < -0.3 is 9.47 Å². The number of amides is 4. The van der Waals surface area contributed by atoms with E-state index in [0.29, 0.717) is 17.1 Å². The highest BCUT2D eigenvalue weighted by molar-refractivity contribution is 6.23. The maximum atomic E-state index is 13.4. The first kappa shape index (κ1) is 25.7. The lowest BCUT2D eigenvalue weighted by Crippen LogP contribution is -2.54. The molecular weight excluding hydrogens is 450 g/mol. The van der Waals surface area contributed by atoms with E-state index < -0.39 is 29.7 Å². The quantitative estimate of drug-likeness (QED) is 0.502. The molecule has 1 fully saturated rings. The molecule has 2 aromatic carbocycles. The minimum absolute atomic E-state index is 0.0314. The van der Waals surface area contributed by atoms with Gasteiger partial charge in [0.05, 0.1) is 26.3 Å². The van der Waals surface area contributed by atoms with Crippen LogP contribution in [0.25, 0.3) is 0 Å². The summed E-state index contributed by atoms with van der Waals surface area (Å²) in [7, 11) is 2.89. The summed E-state index contributed by atoms with van der Waals surface area (Å²) in [6.07, 6.45) is -0.252. The molecule has 0 saturated carbocycles. The van der Waals surface area contributed by atoms with Crippen molar-refractivity contribution >= 4 is 29.3 Å². The van der Waals surface area contributed by atoms with Gasteiger partial charge >= 0.3 is 0 Å². The van der Waals surface area contributed by atoms with Gasteiger partial charge in [-0.3, -0.25) is 24.6 Å². The number of methoxy groups -OCH3 is 2. The number of hydrogen-bond acceptors (Lipinski definition) is 6. The second-order valence-electron chi connectivity index (χ2n) is 9.21. The summed E-state index contributed by atoms with van der Waals surface area (Å²) >= 11 is 0. The number of ether oxygens (including phenoxy) is 2. The van der Waals surface area contributed by atoms with Crippen LogP contribution in [0.2, 0.25) is 0 Å².